The van der Waals surface area contributed by atoms with Gasteiger partial charge in [-0.25, -0.2) is 0 Å². The minimum Gasteiger partial charge on any atom is -0.390 e. The van der Waals surface area contributed by atoms with Crippen LogP contribution in [0.15, 0.2) is 0 Å². The average molecular weight is 156 g/mol. The first-order chi connectivity index (χ1) is 5.04. The summed E-state index contributed by atoms with van der Waals surface area (Å²) >= 11 is 0. The molecule has 0 radical (unpaired) electrons. The van der Waals surface area contributed by atoms with Gasteiger partial charge in [-0.1, -0.05) is 26.7 Å². The quantitative estimate of drug-likeness (QED) is 0.618. The second kappa shape index (κ2) is 3.14. The average Bonchev–Trinajstić information content (AvgIpc) is 1.85. The van der Waals surface area contributed by atoms with E-state index in [2.05, 4.69) is 13.8 Å². The monoisotopic (exact) mass is 156 g/mol. The summed E-state index contributed by atoms with van der Waals surface area (Å²) in [6.45, 7) is 6.42. The first kappa shape index (κ1) is 9.05. The maximum atomic E-state index is 10.0. The van der Waals surface area contributed by atoms with E-state index in [1.165, 1.54) is 19.3 Å². The van der Waals surface area contributed by atoms with Crippen LogP contribution in [0, 0.1) is 11.8 Å². The van der Waals surface area contributed by atoms with Crippen molar-refractivity contribution in [2.24, 2.45) is 11.8 Å². The Balaban J connectivity index is 2.60. The Bertz CT molecular complexity index is 127. The van der Waals surface area contributed by atoms with Crippen molar-refractivity contribution < 1.29 is 5.11 Å². The van der Waals surface area contributed by atoms with E-state index in [0.717, 1.165) is 6.42 Å². The van der Waals surface area contributed by atoms with Crippen molar-refractivity contribution >= 4 is 0 Å². The molecule has 1 heteroatoms. The predicted molar refractivity (Wildman–Crippen MR) is 47.4 cm³/mol. The molecule has 1 aliphatic rings. The van der Waals surface area contributed by atoms with E-state index in [4.69, 9.17) is 0 Å². The van der Waals surface area contributed by atoms with Crippen LogP contribution in [-0.4, -0.2) is 10.7 Å². The maximum Gasteiger partial charge on any atom is 0.0650 e. The molecule has 0 saturated heterocycles. The first-order valence-corrected chi connectivity index (χ1v) is 4.76. The fourth-order valence-electron chi connectivity index (χ4n) is 2.39. The summed E-state index contributed by atoms with van der Waals surface area (Å²) in [6, 6.07) is 0. The Morgan fingerprint density at radius 3 is 2.36 bits per heavy atom. The van der Waals surface area contributed by atoms with Gasteiger partial charge in [-0.05, 0) is 31.6 Å². The van der Waals surface area contributed by atoms with Crippen molar-refractivity contribution in [2.75, 3.05) is 0 Å². The van der Waals surface area contributed by atoms with Gasteiger partial charge < -0.3 is 5.11 Å². The third-order valence-corrected chi connectivity index (χ3v) is 3.05. The van der Waals surface area contributed by atoms with Crippen LogP contribution in [0.2, 0.25) is 0 Å². The highest BCUT2D eigenvalue weighted by atomic mass is 16.3. The molecule has 2 atom stereocenters. The standard InChI is InChI=1S/C10H20O/c1-8(2)9-6-4-5-7-10(9,3)11/h8-9,11H,4-7H2,1-3H3/t9-,10-/m1/s1. The Kier molecular flexibility index (Phi) is 2.58. The van der Waals surface area contributed by atoms with Gasteiger partial charge in [0.15, 0.2) is 0 Å². The maximum absolute atomic E-state index is 10.0. The van der Waals surface area contributed by atoms with Gasteiger partial charge in [-0.15, -0.1) is 0 Å². The topological polar surface area (TPSA) is 20.2 Å². The lowest BCUT2D eigenvalue weighted by molar-refractivity contribution is -0.0500. The molecular formula is C10H20O. The Labute approximate surface area is 69.8 Å². The highest BCUT2D eigenvalue weighted by molar-refractivity contribution is 4.87. The Morgan fingerprint density at radius 1 is 1.36 bits per heavy atom. The van der Waals surface area contributed by atoms with Crippen LogP contribution >= 0.6 is 0 Å². The van der Waals surface area contributed by atoms with E-state index in [9.17, 15) is 5.11 Å². The van der Waals surface area contributed by atoms with Crippen LogP contribution in [0.25, 0.3) is 0 Å². The Morgan fingerprint density at radius 2 is 2.00 bits per heavy atom. The highest BCUT2D eigenvalue weighted by Gasteiger charge is 2.35. The van der Waals surface area contributed by atoms with Gasteiger partial charge in [0, 0.05) is 0 Å². The Hall–Kier alpha value is -0.0400. The fraction of sp³-hybridized carbons (Fsp3) is 1.00. The lowest BCUT2D eigenvalue weighted by atomic mass is 9.71. The van der Waals surface area contributed by atoms with Gasteiger partial charge >= 0.3 is 0 Å². The summed E-state index contributed by atoms with van der Waals surface area (Å²) in [4.78, 5) is 0. The van der Waals surface area contributed by atoms with E-state index in [-0.39, 0.29) is 5.60 Å². The van der Waals surface area contributed by atoms with E-state index < -0.39 is 0 Å². The zero-order valence-corrected chi connectivity index (χ0v) is 7.93. The normalized spacial score (nSPS) is 39.5. The van der Waals surface area contributed by atoms with Gasteiger partial charge in [0.2, 0.25) is 0 Å². The second-order valence-corrected chi connectivity index (χ2v) is 4.45. The summed E-state index contributed by atoms with van der Waals surface area (Å²) < 4.78 is 0. The van der Waals surface area contributed by atoms with Crippen LogP contribution < -0.4 is 0 Å². The predicted octanol–water partition coefficient (Wildman–Crippen LogP) is 2.58. The molecule has 0 aliphatic heterocycles. The molecule has 1 nitrogen and oxygen atoms in total. The number of rotatable bonds is 1. The molecule has 1 aliphatic carbocycles. The molecule has 11 heavy (non-hydrogen) atoms. The zero-order valence-electron chi connectivity index (χ0n) is 7.93. The van der Waals surface area contributed by atoms with Crippen molar-refractivity contribution in [1.82, 2.24) is 0 Å². The summed E-state index contributed by atoms with van der Waals surface area (Å²) in [5, 5.41) is 10.0. The van der Waals surface area contributed by atoms with Crippen LogP contribution in [0.5, 0.6) is 0 Å². The summed E-state index contributed by atoms with van der Waals surface area (Å²) in [5.74, 6) is 1.15. The number of aliphatic hydroxyl groups is 1. The summed E-state index contributed by atoms with van der Waals surface area (Å²) in [7, 11) is 0. The fourth-order valence-corrected chi connectivity index (χ4v) is 2.39. The molecule has 0 aromatic heterocycles. The SMILES string of the molecule is CC(C)[C@H]1CCCC[C@@]1(C)O. The largest absolute Gasteiger partial charge is 0.390 e. The van der Waals surface area contributed by atoms with E-state index in [1.807, 2.05) is 6.92 Å². The van der Waals surface area contributed by atoms with E-state index in [1.54, 1.807) is 0 Å². The molecular weight excluding hydrogens is 136 g/mol. The molecule has 0 bridgehead atoms. The van der Waals surface area contributed by atoms with Crippen molar-refractivity contribution in [3.05, 3.63) is 0 Å². The molecule has 1 saturated carbocycles. The molecule has 1 N–H and O–H groups in total. The van der Waals surface area contributed by atoms with Crippen molar-refractivity contribution in [2.45, 2.75) is 52.1 Å². The van der Waals surface area contributed by atoms with E-state index in [0.29, 0.717) is 11.8 Å². The molecule has 1 rings (SSSR count). The van der Waals surface area contributed by atoms with Gasteiger partial charge in [-0.2, -0.15) is 0 Å². The van der Waals surface area contributed by atoms with Crippen molar-refractivity contribution in [3.8, 4) is 0 Å². The third-order valence-electron chi connectivity index (χ3n) is 3.05. The molecule has 0 amide bonds. The molecule has 1 fully saturated rings. The van der Waals surface area contributed by atoms with Crippen LogP contribution in [0.3, 0.4) is 0 Å². The van der Waals surface area contributed by atoms with Crippen molar-refractivity contribution in [1.29, 1.82) is 0 Å². The third kappa shape index (κ3) is 1.96. The molecule has 66 valence electrons. The number of hydrogen-bond donors (Lipinski definition) is 1. The molecule has 0 spiro atoms. The lowest BCUT2D eigenvalue weighted by Crippen LogP contribution is -2.40. The van der Waals surface area contributed by atoms with Gasteiger partial charge in [0.25, 0.3) is 0 Å². The van der Waals surface area contributed by atoms with Gasteiger partial charge in [0.1, 0.15) is 0 Å². The minimum atomic E-state index is -0.383. The molecule has 0 aromatic rings. The first-order valence-electron chi connectivity index (χ1n) is 4.76. The molecule has 0 heterocycles. The second-order valence-electron chi connectivity index (χ2n) is 4.45. The lowest BCUT2D eigenvalue weighted by Gasteiger charge is -2.39. The van der Waals surface area contributed by atoms with Gasteiger partial charge in [-0.3, -0.25) is 0 Å². The van der Waals surface area contributed by atoms with Crippen molar-refractivity contribution in [3.63, 3.8) is 0 Å². The molecule has 0 aromatic carbocycles. The minimum absolute atomic E-state index is 0.383. The zero-order chi connectivity index (χ0) is 8.48. The molecule has 0 unspecified atom stereocenters. The van der Waals surface area contributed by atoms with Crippen LogP contribution in [0.1, 0.15) is 46.5 Å². The number of hydrogen-bond acceptors (Lipinski definition) is 1. The van der Waals surface area contributed by atoms with E-state index >= 15 is 0 Å². The van der Waals surface area contributed by atoms with Gasteiger partial charge in [0.05, 0.1) is 5.60 Å². The summed E-state index contributed by atoms with van der Waals surface area (Å²) in [6.07, 6.45) is 4.72. The van der Waals surface area contributed by atoms with Crippen LogP contribution in [-0.2, 0) is 0 Å². The van der Waals surface area contributed by atoms with Crippen LogP contribution in [0.4, 0.5) is 0 Å². The summed E-state index contributed by atoms with van der Waals surface area (Å²) in [5.41, 5.74) is -0.383. The highest BCUT2D eigenvalue weighted by Crippen LogP contribution is 2.37. The smallest absolute Gasteiger partial charge is 0.0650 e.